The van der Waals surface area contributed by atoms with Gasteiger partial charge in [0.05, 0.1) is 17.2 Å². The number of hydrogen-bond acceptors (Lipinski definition) is 8. The van der Waals surface area contributed by atoms with Gasteiger partial charge < -0.3 is 14.2 Å². The highest BCUT2D eigenvalue weighted by molar-refractivity contribution is 6.02. The minimum atomic E-state index is -0.934. The van der Waals surface area contributed by atoms with Crippen LogP contribution in [0.1, 0.15) is 13.8 Å². The fraction of sp³-hybridized carbons (Fsp3) is 0.286. The Bertz CT molecular complexity index is 1060. The summed E-state index contributed by atoms with van der Waals surface area (Å²) in [6, 6.07) is 10.4. The van der Waals surface area contributed by atoms with Crippen LogP contribution >= 0.6 is 0 Å². The van der Waals surface area contributed by atoms with Crippen molar-refractivity contribution in [3.05, 3.63) is 52.6 Å². The molecule has 1 heterocycles. The highest BCUT2D eigenvalue weighted by Gasteiger charge is 2.29. The fourth-order valence-electron chi connectivity index (χ4n) is 2.93. The smallest absolute Gasteiger partial charge is 0.279 e. The van der Waals surface area contributed by atoms with E-state index in [4.69, 9.17) is 14.2 Å². The van der Waals surface area contributed by atoms with Gasteiger partial charge in [-0.05, 0) is 44.2 Å². The third-order valence-corrected chi connectivity index (χ3v) is 4.54. The van der Waals surface area contributed by atoms with Crippen LogP contribution in [0.25, 0.3) is 0 Å². The maximum atomic E-state index is 12.3. The molecule has 3 amide bonds. The number of carbonyl (C=O) groups is 3. The quantitative estimate of drug-likeness (QED) is 0.444. The molecule has 12 heteroatoms. The number of rotatable bonds is 8. The number of fused-ring (bicyclic) bond motifs is 1. The van der Waals surface area contributed by atoms with Crippen LogP contribution in [0.4, 0.5) is 11.4 Å². The van der Waals surface area contributed by atoms with Gasteiger partial charge in [-0.15, -0.1) is 0 Å². The molecule has 0 aromatic heterocycles. The van der Waals surface area contributed by atoms with Gasteiger partial charge in [-0.3, -0.25) is 40.2 Å². The number of nitrogens with one attached hydrogen (secondary N) is 2. The summed E-state index contributed by atoms with van der Waals surface area (Å²) in [4.78, 5) is 48.2. The molecule has 12 nitrogen and oxygen atoms in total. The van der Waals surface area contributed by atoms with E-state index in [1.54, 1.807) is 24.3 Å². The summed E-state index contributed by atoms with van der Waals surface area (Å²) in [7, 11) is 0. The van der Waals surface area contributed by atoms with Crippen LogP contribution in [0.15, 0.2) is 42.5 Å². The van der Waals surface area contributed by atoms with Gasteiger partial charge in [0.2, 0.25) is 0 Å². The highest BCUT2D eigenvalue weighted by Crippen LogP contribution is 2.35. The van der Waals surface area contributed by atoms with E-state index in [0.29, 0.717) is 18.1 Å². The van der Waals surface area contributed by atoms with Gasteiger partial charge in [-0.25, -0.2) is 0 Å². The average molecular weight is 458 g/mol. The van der Waals surface area contributed by atoms with Crippen molar-refractivity contribution in [1.82, 2.24) is 10.9 Å². The van der Waals surface area contributed by atoms with E-state index in [0.717, 1.165) is 11.0 Å². The Morgan fingerprint density at radius 1 is 1.18 bits per heavy atom. The van der Waals surface area contributed by atoms with E-state index in [-0.39, 0.29) is 23.7 Å². The maximum absolute atomic E-state index is 12.3. The fourth-order valence-corrected chi connectivity index (χ4v) is 2.93. The van der Waals surface area contributed by atoms with Gasteiger partial charge in [0.15, 0.2) is 12.7 Å². The van der Waals surface area contributed by atoms with Gasteiger partial charge in [-0.2, -0.15) is 0 Å². The number of ether oxygens (including phenoxy) is 3. The lowest BCUT2D eigenvalue weighted by Gasteiger charge is -2.28. The molecule has 2 N–H and O–H groups in total. The summed E-state index contributed by atoms with van der Waals surface area (Å²) in [6.07, 6.45) is -0.934. The largest absolute Gasteiger partial charge is 0.494 e. The van der Waals surface area contributed by atoms with Crippen molar-refractivity contribution in [3.63, 3.8) is 0 Å². The summed E-state index contributed by atoms with van der Waals surface area (Å²) >= 11 is 0. The molecule has 0 aliphatic carbocycles. The summed E-state index contributed by atoms with van der Waals surface area (Å²) in [6.45, 7) is 3.08. The Labute approximate surface area is 188 Å². The summed E-state index contributed by atoms with van der Waals surface area (Å²) < 4.78 is 16.1. The van der Waals surface area contributed by atoms with E-state index in [1.165, 1.54) is 19.1 Å². The Hall–Kier alpha value is -4.35. The number of hydrazine groups is 1. The molecule has 174 valence electrons. The van der Waals surface area contributed by atoms with Crippen molar-refractivity contribution in [2.45, 2.75) is 20.0 Å². The third-order valence-electron chi connectivity index (χ3n) is 4.54. The Balaban J connectivity index is 1.55. The van der Waals surface area contributed by atoms with Crippen LogP contribution in [0.3, 0.4) is 0 Å². The lowest BCUT2D eigenvalue weighted by Crippen LogP contribution is -2.52. The average Bonchev–Trinajstić information content (AvgIpc) is 2.80. The molecule has 33 heavy (non-hydrogen) atoms. The second-order valence-electron chi connectivity index (χ2n) is 6.88. The Morgan fingerprint density at radius 2 is 1.88 bits per heavy atom. The first-order valence-electron chi connectivity index (χ1n) is 9.98. The minimum absolute atomic E-state index is 0.0918. The number of anilines is 1. The first kappa shape index (κ1) is 23.3. The van der Waals surface area contributed by atoms with Crippen molar-refractivity contribution in [2.24, 2.45) is 0 Å². The number of nitro benzene ring substituents is 1. The molecule has 0 spiro atoms. The second kappa shape index (κ2) is 10.3. The number of carbonyl (C=O) groups excluding carboxylic acids is 3. The number of nitro groups is 1. The number of non-ortho nitro benzene ring substituents is 1. The van der Waals surface area contributed by atoms with Crippen molar-refractivity contribution >= 4 is 29.1 Å². The summed E-state index contributed by atoms with van der Waals surface area (Å²) in [5, 5.41) is 11.0. The van der Waals surface area contributed by atoms with Crippen molar-refractivity contribution < 1.29 is 33.5 Å². The third kappa shape index (κ3) is 5.87. The molecule has 3 rings (SSSR count). The molecule has 1 aliphatic heterocycles. The molecule has 2 aromatic rings. The molecule has 1 atom stereocenters. The number of nitrogens with zero attached hydrogens (tertiary/aromatic N) is 2. The molecule has 0 bridgehead atoms. The molecule has 2 aromatic carbocycles. The SMILES string of the molecule is CCOc1ccc(OC(C)C(=O)NNC(=O)CN2C(=O)COc3ccc([N+](=O)[O-])cc32)cc1. The van der Waals surface area contributed by atoms with Crippen LogP contribution < -0.4 is 30.0 Å². The predicted molar refractivity (Wildman–Crippen MR) is 115 cm³/mol. The second-order valence-corrected chi connectivity index (χ2v) is 6.88. The van der Waals surface area contributed by atoms with Crippen molar-refractivity contribution in [1.29, 1.82) is 0 Å². The molecule has 0 radical (unpaired) electrons. The first-order chi connectivity index (χ1) is 15.8. The zero-order chi connectivity index (χ0) is 24.0. The molecule has 1 aliphatic rings. The standard InChI is InChI=1S/C21H22N4O8/c1-3-31-15-5-7-16(8-6-15)33-13(2)21(28)23-22-19(26)11-24-17-10-14(25(29)30)4-9-18(17)32-12-20(24)27/h4-10,13H,3,11-12H2,1-2H3,(H,22,26)(H,23,28). The van der Waals surface area contributed by atoms with Crippen LogP contribution in [0.2, 0.25) is 0 Å². The normalized spacial score (nSPS) is 13.3. The van der Waals surface area contributed by atoms with E-state index < -0.39 is 35.3 Å². The van der Waals surface area contributed by atoms with Gasteiger partial charge in [0.1, 0.15) is 23.8 Å². The first-order valence-corrected chi connectivity index (χ1v) is 9.98. The number of hydrogen-bond donors (Lipinski definition) is 2. The van der Waals surface area contributed by atoms with E-state index >= 15 is 0 Å². The van der Waals surface area contributed by atoms with Gasteiger partial charge in [0.25, 0.3) is 23.4 Å². The number of amides is 3. The topological polar surface area (TPSA) is 149 Å². The zero-order valence-corrected chi connectivity index (χ0v) is 17.9. The van der Waals surface area contributed by atoms with E-state index in [1.807, 2.05) is 6.92 Å². The predicted octanol–water partition coefficient (Wildman–Crippen LogP) is 1.33. The van der Waals surface area contributed by atoms with E-state index in [9.17, 15) is 24.5 Å². The van der Waals surface area contributed by atoms with Gasteiger partial charge >= 0.3 is 0 Å². The van der Waals surface area contributed by atoms with Crippen molar-refractivity contribution in [2.75, 3.05) is 24.7 Å². The minimum Gasteiger partial charge on any atom is -0.494 e. The highest BCUT2D eigenvalue weighted by atomic mass is 16.6. The molecule has 1 unspecified atom stereocenters. The number of benzene rings is 2. The van der Waals surface area contributed by atoms with Crippen molar-refractivity contribution in [3.8, 4) is 17.2 Å². The molecule has 0 saturated heterocycles. The van der Waals surface area contributed by atoms with Crippen LogP contribution in [-0.4, -0.2) is 48.5 Å². The summed E-state index contributed by atoms with van der Waals surface area (Å²) in [5.74, 6) is -0.569. The zero-order valence-electron chi connectivity index (χ0n) is 17.9. The Kier molecular flexibility index (Phi) is 7.28. The van der Waals surface area contributed by atoms with Gasteiger partial charge in [0, 0.05) is 12.1 Å². The molecule has 0 saturated carbocycles. The van der Waals surface area contributed by atoms with E-state index in [2.05, 4.69) is 10.9 Å². The summed E-state index contributed by atoms with van der Waals surface area (Å²) in [5.41, 5.74) is 4.26. The van der Waals surface area contributed by atoms with Gasteiger partial charge in [-0.1, -0.05) is 0 Å². The maximum Gasteiger partial charge on any atom is 0.279 e. The molecular formula is C21H22N4O8. The lowest BCUT2D eigenvalue weighted by molar-refractivity contribution is -0.384. The van der Waals surface area contributed by atoms with Crippen LogP contribution in [0.5, 0.6) is 17.2 Å². The lowest BCUT2D eigenvalue weighted by atomic mass is 10.2. The molecule has 0 fully saturated rings. The monoisotopic (exact) mass is 458 g/mol. The Morgan fingerprint density at radius 3 is 2.55 bits per heavy atom. The van der Waals surface area contributed by atoms with Crippen LogP contribution in [0, 0.1) is 10.1 Å². The molecular weight excluding hydrogens is 436 g/mol. The van der Waals surface area contributed by atoms with Crippen LogP contribution in [-0.2, 0) is 14.4 Å².